The number of aromatic nitrogens is 4. The number of esters is 1. The zero-order valence-electron chi connectivity index (χ0n) is 12.4. The maximum absolute atomic E-state index is 11.6. The van der Waals surface area contributed by atoms with E-state index in [-0.39, 0.29) is 18.8 Å². The van der Waals surface area contributed by atoms with Gasteiger partial charge in [-0.25, -0.2) is 15.0 Å². The number of carbonyl (C=O) groups is 1. The molecule has 0 aromatic carbocycles. The van der Waals surface area contributed by atoms with Crippen LogP contribution < -0.4 is 5.73 Å². The number of fused-ring (bicyclic) bond motifs is 1. The van der Waals surface area contributed by atoms with Crippen LogP contribution in [0.25, 0.3) is 11.2 Å². The third-order valence-corrected chi connectivity index (χ3v) is 3.67. The van der Waals surface area contributed by atoms with Gasteiger partial charge in [-0.2, -0.15) is 0 Å². The van der Waals surface area contributed by atoms with Gasteiger partial charge in [0.05, 0.1) is 25.5 Å². The zero-order chi connectivity index (χ0) is 16.6. The highest BCUT2D eigenvalue weighted by molar-refractivity contribution is 5.81. The molecule has 10 nitrogen and oxygen atoms in total. The van der Waals surface area contributed by atoms with Gasteiger partial charge in [-0.3, -0.25) is 9.36 Å². The van der Waals surface area contributed by atoms with E-state index in [0.29, 0.717) is 11.2 Å². The molecule has 0 bridgehead atoms. The summed E-state index contributed by atoms with van der Waals surface area (Å²) in [5.74, 6) is -0.309. The fraction of sp³-hybridized carbons (Fsp3) is 0.538. The lowest BCUT2D eigenvalue weighted by molar-refractivity contribution is -0.148. The summed E-state index contributed by atoms with van der Waals surface area (Å²) in [5.41, 5.74) is 6.45. The monoisotopic (exact) mass is 323 g/mol. The minimum Gasteiger partial charge on any atom is -0.466 e. The van der Waals surface area contributed by atoms with E-state index in [1.165, 1.54) is 17.2 Å². The second-order valence-corrected chi connectivity index (χ2v) is 5.14. The van der Waals surface area contributed by atoms with Crippen molar-refractivity contribution in [1.29, 1.82) is 0 Å². The molecule has 3 heterocycles. The summed E-state index contributed by atoms with van der Waals surface area (Å²) < 4.78 is 11.9. The molecule has 2 unspecified atom stereocenters. The molecule has 0 radical (unpaired) electrons. The molecule has 1 fully saturated rings. The van der Waals surface area contributed by atoms with Crippen LogP contribution in [0, 0.1) is 0 Å². The second kappa shape index (κ2) is 6.07. The molecule has 4 atom stereocenters. The van der Waals surface area contributed by atoms with Gasteiger partial charge in [-0.15, -0.1) is 0 Å². The lowest BCUT2D eigenvalue weighted by Gasteiger charge is -2.16. The molecule has 2 aromatic rings. The summed E-state index contributed by atoms with van der Waals surface area (Å²) in [6.07, 6.45) is -1.81. The molecule has 4 N–H and O–H groups in total. The minimum absolute atomic E-state index is 0.160. The summed E-state index contributed by atoms with van der Waals surface area (Å²) in [6, 6.07) is 0. The highest BCUT2D eigenvalue weighted by Crippen LogP contribution is 2.33. The highest BCUT2D eigenvalue weighted by atomic mass is 16.6. The van der Waals surface area contributed by atoms with Crippen molar-refractivity contribution in [1.82, 2.24) is 19.5 Å². The van der Waals surface area contributed by atoms with E-state index >= 15 is 0 Å². The second-order valence-electron chi connectivity index (χ2n) is 5.14. The van der Waals surface area contributed by atoms with E-state index < -0.39 is 30.5 Å². The van der Waals surface area contributed by atoms with Crippen molar-refractivity contribution in [2.75, 3.05) is 12.3 Å². The SMILES string of the molecule is CCOC(=O)C[C@H]1O[C@@H](n2cnc3c(N)ncnc32)C(O)C1O. The van der Waals surface area contributed by atoms with Gasteiger partial charge in [0.1, 0.15) is 24.1 Å². The summed E-state index contributed by atoms with van der Waals surface area (Å²) in [4.78, 5) is 23.5. The number of nitrogen functional groups attached to an aromatic ring is 1. The number of aliphatic hydroxyl groups is 2. The summed E-state index contributed by atoms with van der Waals surface area (Å²) >= 11 is 0. The first kappa shape index (κ1) is 15.6. The van der Waals surface area contributed by atoms with Crippen LogP contribution in [0.2, 0.25) is 0 Å². The largest absolute Gasteiger partial charge is 0.466 e. The Hall–Kier alpha value is -2.30. The predicted octanol–water partition coefficient (Wildman–Crippen LogP) is -1.02. The van der Waals surface area contributed by atoms with E-state index in [0.717, 1.165) is 0 Å². The van der Waals surface area contributed by atoms with E-state index in [2.05, 4.69) is 15.0 Å². The van der Waals surface area contributed by atoms with Gasteiger partial charge in [-0.1, -0.05) is 0 Å². The van der Waals surface area contributed by atoms with Gasteiger partial charge < -0.3 is 25.4 Å². The van der Waals surface area contributed by atoms with Crippen LogP contribution >= 0.6 is 0 Å². The number of carbonyl (C=O) groups excluding carboxylic acids is 1. The number of aliphatic hydroxyl groups excluding tert-OH is 2. The molecule has 1 aliphatic heterocycles. The summed E-state index contributed by atoms with van der Waals surface area (Å²) in [5, 5.41) is 20.3. The molecule has 2 aromatic heterocycles. The Morgan fingerprint density at radius 2 is 2.17 bits per heavy atom. The van der Waals surface area contributed by atoms with Crippen molar-refractivity contribution in [3.05, 3.63) is 12.7 Å². The summed E-state index contributed by atoms with van der Waals surface area (Å²) in [7, 11) is 0. The van der Waals surface area contributed by atoms with Crippen LogP contribution in [0.3, 0.4) is 0 Å². The van der Waals surface area contributed by atoms with E-state index in [4.69, 9.17) is 15.2 Å². The number of nitrogens with zero attached hydrogens (tertiary/aromatic N) is 4. The third kappa shape index (κ3) is 2.71. The minimum atomic E-state index is -1.25. The van der Waals surface area contributed by atoms with Crippen LogP contribution in [0.4, 0.5) is 5.82 Å². The molecule has 0 aliphatic carbocycles. The molecule has 1 saturated heterocycles. The number of imidazole rings is 1. The Morgan fingerprint density at radius 1 is 1.39 bits per heavy atom. The normalized spacial score (nSPS) is 27.4. The maximum atomic E-state index is 11.6. The van der Waals surface area contributed by atoms with Crippen LogP contribution in [-0.4, -0.2) is 60.6 Å². The fourth-order valence-electron chi connectivity index (χ4n) is 2.57. The lowest BCUT2D eigenvalue weighted by Crippen LogP contribution is -2.33. The summed E-state index contributed by atoms with van der Waals surface area (Å²) in [6.45, 7) is 1.92. The number of hydrogen-bond donors (Lipinski definition) is 3. The molecule has 0 spiro atoms. The molecule has 0 saturated carbocycles. The number of rotatable bonds is 4. The van der Waals surface area contributed by atoms with Crippen molar-refractivity contribution in [2.24, 2.45) is 0 Å². The van der Waals surface area contributed by atoms with Gasteiger partial charge >= 0.3 is 5.97 Å². The molecule has 23 heavy (non-hydrogen) atoms. The fourth-order valence-corrected chi connectivity index (χ4v) is 2.57. The van der Waals surface area contributed by atoms with Crippen molar-refractivity contribution in [3.8, 4) is 0 Å². The average molecular weight is 323 g/mol. The van der Waals surface area contributed by atoms with Crippen LogP contribution in [0.1, 0.15) is 19.6 Å². The van der Waals surface area contributed by atoms with Crippen LogP contribution in [0.5, 0.6) is 0 Å². The standard InChI is InChI=1S/C13H17N5O5/c1-2-22-7(19)3-6-9(20)10(21)13(23-6)18-5-17-8-11(14)15-4-16-12(8)18/h4-6,9-10,13,20-21H,2-3H2,1H3,(H2,14,15,16)/t6-,9?,10?,13-/m1/s1. The van der Waals surface area contributed by atoms with Gasteiger partial charge in [0.25, 0.3) is 0 Å². The first-order valence-corrected chi connectivity index (χ1v) is 7.13. The van der Waals surface area contributed by atoms with Gasteiger partial charge in [0, 0.05) is 0 Å². The van der Waals surface area contributed by atoms with Crippen LogP contribution in [0.15, 0.2) is 12.7 Å². The number of anilines is 1. The molecule has 0 amide bonds. The first-order valence-electron chi connectivity index (χ1n) is 7.13. The Kier molecular flexibility index (Phi) is 4.11. The zero-order valence-corrected chi connectivity index (χ0v) is 12.4. The van der Waals surface area contributed by atoms with Gasteiger partial charge in [-0.05, 0) is 6.92 Å². The van der Waals surface area contributed by atoms with Crippen molar-refractivity contribution >= 4 is 23.0 Å². The molecule has 1 aliphatic rings. The van der Waals surface area contributed by atoms with Gasteiger partial charge in [0.2, 0.25) is 0 Å². The Labute approximate surface area is 130 Å². The number of ether oxygens (including phenoxy) is 2. The Morgan fingerprint density at radius 3 is 2.91 bits per heavy atom. The quantitative estimate of drug-likeness (QED) is 0.602. The molecular formula is C13H17N5O5. The number of nitrogens with two attached hydrogens (primary N) is 1. The van der Waals surface area contributed by atoms with Crippen LogP contribution in [-0.2, 0) is 14.3 Å². The van der Waals surface area contributed by atoms with Crippen molar-refractivity contribution in [3.63, 3.8) is 0 Å². The average Bonchev–Trinajstić information content (AvgIpc) is 3.05. The highest BCUT2D eigenvalue weighted by Gasteiger charge is 2.45. The Bertz CT molecular complexity index is 720. The predicted molar refractivity (Wildman–Crippen MR) is 76.9 cm³/mol. The smallest absolute Gasteiger partial charge is 0.308 e. The van der Waals surface area contributed by atoms with Crippen molar-refractivity contribution in [2.45, 2.75) is 37.9 Å². The molecular weight excluding hydrogens is 306 g/mol. The lowest BCUT2D eigenvalue weighted by atomic mass is 10.1. The molecule has 124 valence electrons. The van der Waals surface area contributed by atoms with E-state index in [9.17, 15) is 15.0 Å². The number of hydrogen-bond acceptors (Lipinski definition) is 9. The maximum Gasteiger partial charge on any atom is 0.308 e. The molecule has 3 rings (SSSR count). The first-order chi connectivity index (χ1) is 11.0. The third-order valence-electron chi connectivity index (χ3n) is 3.67. The van der Waals surface area contributed by atoms with Crippen molar-refractivity contribution < 1.29 is 24.5 Å². The van der Waals surface area contributed by atoms with Gasteiger partial charge in [0.15, 0.2) is 17.7 Å². The Balaban J connectivity index is 1.85. The van der Waals surface area contributed by atoms with E-state index in [1.807, 2.05) is 0 Å². The van der Waals surface area contributed by atoms with E-state index in [1.54, 1.807) is 6.92 Å². The molecule has 10 heteroatoms. The topological polar surface area (TPSA) is 146 Å².